The maximum absolute atomic E-state index is 10.2. The zero-order chi connectivity index (χ0) is 8.10. The van der Waals surface area contributed by atoms with E-state index in [0.29, 0.717) is 12.2 Å². The summed E-state index contributed by atoms with van der Waals surface area (Å²) in [7, 11) is 0. The monoisotopic (exact) mass is 172 g/mol. The van der Waals surface area contributed by atoms with E-state index in [0.717, 1.165) is 12.0 Å². The fourth-order valence-electron chi connectivity index (χ4n) is 0.760. The van der Waals surface area contributed by atoms with Gasteiger partial charge in [-0.2, -0.15) is 0 Å². The minimum Gasteiger partial charge on any atom is -0.525 e. The van der Waals surface area contributed by atoms with Crippen LogP contribution in [0.1, 0.15) is 10.4 Å². The molecule has 0 saturated carbocycles. The van der Waals surface area contributed by atoms with E-state index >= 15 is 0 Å². The molecule has 1 rings (SSSR count). The molecule has 12 heavy (non-hydrogen) atoms. The molecular formula is C9H9NaO2. The molecule has 0 unspecified atom stereocenters. The van der Waals surface area contributed by atoms with Crippen molar-refractivity contribution in [3.05, 3.63) is 36.8 Å². The predicted octanol–water partition coefficient (Wildman–Crippen LogP) is -1.28. The van der Waals surface area contributed by atoms with E-state index in [1.54, 1.807) is 24.3 Å². The Morgan fingerprint density at radius 1 is 1.33 bits per heavy atom. The second-order valence-corrected chi connectivity index (χ2v) is 2.04. The van der Waals surface area contributed by atoms with Crippen molar-refractivity contribution in [3.63, 3.8) is 0 Å². The summed E-state index contributed by atoms with van der Waals surface area (Å²) in [5.41, 5.74) is 0.654. The Morgan fingerprint density at radius 3 is 2.33 bits per heavy atom. The molecule has 2 nitrogen and oxygen atoms in total. The van der Waals surface area contributed by atoms with Gasteiger partial charge in [-0.1, -0.05) is 0 Å². The molecule has 1 aromatic carbocycles. The first kappa shape index (κ1) is 11.7. The van der Waals surface area contributed by atoms with Crippen molar-refractivity contribution < 1.29 is 39.1 Å². The summed E-state index contributed by atoms with van der Waals surface area (Å²) in [6.45, 7) is 3.93. The van der Waals surface area contributed by atoms with Crippen molar-refractivity contribution in [1.29, 1.82) is 0 Å². The topological polar surface area (TPSA) is 26.3 Å². The van der Waals surface area contributed by atoms with Gasteiger partial charge in [-0.25, -0.2) is 0 Å². The van der Waals surface area contributed by atoms with E-state index in [9.17, 15) is 4.79 Å². The fraction of sp³-hybridized carbons (Fsp3) is 0.111. The molecule has 0 aliphatic carbocycles. The van der Waals surface area contributed by atoms with E-state index in [4.69, 9.17) is 4.74 Å². The second-order valence-electron chi connectivity index (χ2n) is 2.04. The molecule has 0 amide bonds. The quantitative estimate of drug-likeness (QED) is 0.322. The summed E-state index contributed by atoms with van der Waals surface area (Å²) in [6, 6.07) is 6.90. The summed E-state index contributed by atoms with van der Waals surface area (Å²) >= 11 is 0. The summed E-state index contributed by atoms with van der Waals surface area (Å²) in [5, 5.41) is 0. The summed E-state index contributed by atoms with van der Waals surface area (Å²) < 4.78 is 5.08. The van der Waals surface area contributed by atoms with Crippen LogP contribution in [0.15, 0.2) is 24.3 Å². The zero-order valence-corrected chi connectivity index (χ0v) is 9.12. The van der Waals surface area contributed by atoms with Gasteiger partial charge in [-0.05, 0) is 30.9 Å². The predicted molar refractivity (Wildman–Crippen MR) is 42.7 cm³/mol. The first-order chi connectivity index (χ1) is 5.36. The number of hydrogen-bond donors (Lipinski definition) is 0. The minimum atomic E-state index is 0. The third-order valence-corrected chi connectivity index (χ3v) is 1.28. The Balaban J connectivity index is 0.00000121. The maximum Gasteiger partial charge on any atom is 1.00 e. The molecule has 0 radical (unpaired) electrons. The summed E-state index contributed by atoms with van der Waals surface area (Å²) in [4.78, 5) is 10.2. The molecule has 0 aromatic heterocycles. The first-order valence-corrected chi connectivity index (χ1v) is 3.34. The van der Waals surface area contributed by atoms with Crippen LogP contribution < -0.4 is 34.3 Å². The number of carbonyl (C=O) groups excluding carboxylic acids is 1. The van der Waals surface area contributed by atoms with E-state index in [1.807, 2.05) is 0 Å². The van der Waals surface area contributed by atoms with Gasteiger partial charge in [0.25, 0.3) is 0 Å². The first-order valence-electron chi connectivity index (χ1n) is 3.34. The number of hydrogen-bond acceptors (Lipinski definition) is 2. The molecule has 58 valence electrons. The van der Waals surface area contributed by atoms with Crippen molar-refractivity contribution >= 4 is 6.29 Å². The Morgan fingerprint density at radius 2 is 1.92 bits per heavy atom. The van der Waals surface area contributed by atoms with Crippen LogP contribution in [0.5, 0.6) is 5.75 Å². The van der Waals surface area contributed by atoms with Crippen molar-refractivity contribution in [1.82, 2.24) is 0 Å². The van der Waals surface area contributed by atoms with Gasteiger partial charge in [-0.15, -0.1) is 0 Å². The van der Waals surface area contributed by atoms with Gasteiger partial charge in [0.15, 0.2) is 0 Å². The third-order valence-electron chi connectivity index (χ3n) is 1.28. The molecule has 3 heteroatoms. The fourth-order valence-corrected chi connectivity index (χ4v) is 0.760. The molecule has 0 spiro atoms. The van der Waals surface area contributed by atoms with E-state index in [2.05, 4.69) is 6.92 Å². The summed E-state index contributed by atoms with van der Waals surface area (Å²) in [5.74, 6) is 0.741. The molecule has 0 atom stereocenters. The second kappa shape index (κ2) is 6.23. The molecule has 0 aliphatic heterocycles. The number of carbonyl (C=O) groups is 1. The van der Waals surface area contributed by atoms with E-state index in [1.165, 1.54) is 0 Å². The van der Waals surface area contributed by atoms with Crippen LogP contribution in [0.3, 0.4) is 0 Å². The van der Waals surface area contributed by atoms with Crippen molar-refractivity contribution in [2.75, 3.05) is 6.61 Å². The molecular weight excluding hydrogens is 163 g/mol. The number of rotatable bonds is 3. The molecule has 0 heterocycles. The molecule has 0 aliphatic rings. The molecule has 0 fully saturated rings. The Labute approximate surface area is 94.2 Å². The van der Waals surface area contributed by atoms with Gasteiger partial charge >= 0.3 is 29.6 Å². The van der Waals surface area contributed by atoms with E-state index in [-0.39, 0.29) is 29.6 Å². The van der Waals surface area contributed by atoms with Gasteiger partial charge in [0.2, 0.25) is 0 Å². The maximum atomic E-state index is 10.2. The average molecular weight is 172 g/mol. The standard InChI is InChI=1S/C9H9O2.Na/c1-2-11-9-5-3-8(7-10)4-6-9;/h3-7H,1-2H2;/q-1;+1. The Hall–Kier alpha value is -0.310. The van der Waals surface area contributed by atoms with Crippen molar-refractivity contribution in [3.8, 4) is 5.75 Å². The SMILES string of the molecule is [CH2-]COc1ccc(C=O)cc1.[Na+]. The third kappa shape index (κ3) is 3.39. The van der Waals surface area contributed by atoms with E-state index < -0.39 is 0 Å². The van der Waals surface area contributed by atoms with Gasteiger partial charge < -0.3 is 11.7 Å². The molecule has 0 N–H and O–H groups in total. The molecule has 0 bridgehead atoms. The van der Waals surface area contributed by atoms with Gasteiger partial charge in [0.05, 0.1) is 0 Å². The van der Waals surface area contributed by atoms with Crippen LogP contribution in [0, 0.1) is 6.92 Å². The smallest absolute Gasteiger partial charge is 0.525 e. The summed E-state index contributed by atoms with van der Waals surface area (Å²) in [6.07, 6.45) is 0.800. The largest absolute Gasteiger partial charge is 1.00 e. The van der Waals surface area contributed by atoms with Crippen LogP contribution in [-0.2, 0) is 0 Å². The van der Waals surface area contributed by atoms with Crippen LogP contribution in [0.4, 0.5) is 0 Å². The number of ether oxygens (including phenoxy) is 1. The van der Waals surface area contributed by atoms with Crippen LogP contribution in [-0.4, -0.2) is 12.9 Å². The van der Waals surface area contributed by atoms with Gasteiger partial charge in [0.1, 0.15) is 12.0 Å². The normalized spacial score (nSPS) is 8.42. The zero-order valence-electron chi connectivity index (χ0n) is 7.12. The van der Waals surface area contributed by atoms with Crippen molar-refractivity contribution in [2.24, 2.45) is 0 Å². The van der Waals surface area contributed by atoms with Gasteiger partial charge in [-0.3, -0.25) is 4.79 Å². The molecule has 1 aromatic rings. The van der Waals surface area contributed by atoms with Crippen molar-refractivity contribution in [2.45, 2.75) is 0 Å². The Kier molecular flexibility index (Phi) is 6.07. The number of aldehydes is 1. The average Bonchev–Trinajstić information content (AvgIpc) is 2.07. The van der Waals surface area contributed by atoms with Crippen LogP contribution in [0.2, 0.25) is 0 Å². The van der Waals surface area contributed by atoms with Gasteiger partial charge in [0, 0.05) is 5.56 Å². The van der Waals surface area contributed by atoms with Crippen LogP contribution >= 0.6 is 0 Å². The molecule has 0 saturated heterocycles. The number of benzene rings is 1. The Bertz CT molecular complexity index is 231. The minimum absolute atomic E-state index is 0. The van der Waals surface area contributed by atoms with Crippen LogP contribution in [0.25, 0.3) is 0 Å².